The molecule has 168 valence electrons. The maximum absolute atomic E-state index is 13.5. The molecular weight excluding hydrogens is 426 g/mol. The van der Waals surface area contributed by atoms with Crippen molar-refractivity contribution in [3.05, 3.63) is 59.2 Å². The van der Waals surface area contributed by atoms with Crippen molar-refractivity contribution in [1.82, 2.24) is 5.32 Å². The van der Waals surface area contributed by atoms with Crippen LogP contribution in [0.4, 0.5) is 14.5 Å². The number of sulfonamides is 1. The number of ether oxygens (including phenoxy) is 1. The van der Waals surface area contributed by atoms with Crippen molar-refractivity contribution in [2.75, 3.05) is 24.2 Å². The zero-order valence-corrected chi connectivity index (χ0v) is 18.3. The summed E-state index contributed by atoms with van der Waals surface area (Å²) in [6, 6.07) is 8.64. The third-order valence-electron chi connectivity index (χ3n) is 5.36. The third kappa shape index (κ3) is 5.72. The van der Waals surface area contributed by atoms with Crippen LogP contribution in [-0.4, -0.2) is 34.2 Å². The molecule has 1 aliphatic rings. The van der Waals surface area contributed by atoms with Gasteiger partial charge >= 0.3 is 0 Å². The summed E-state index contributed by atoms with van der Waals surface area (Å²) in [6.07, 6.45) is 4.04. The zero-order valence-electron chi connectivity index (χ0n) is 17.5. The second kappa shape index (κ2) is 9.64. The van der Waals surface area contributed by atoms with E-state index in [9.17, 15) is 22.0 Å². The summed E-state index contributed by atoms with van der Waals surface area (Å²) in [5.41, 5.74) is 2.24. The Morgan fingerprint density at radius 1 is 1.19 bits per heavy atom. The molecule has 2 aromatic rings. The number of fused-ring (bicyclic) bond motifs is 1. The first-order valence-corrected chi connectivity index (χ1v) is 11.9. The quantitative estimate of drug-likeness (QED) is 0.663. The minimum absolute atomic E-state index is 0.0181. The van der Waals surface area contributed by atoms with Crippen molar-refractivity contribution in [3.8, 4) is 5.75 Å². The summed E-state index contributed by atoms with van der Waals surface area (Å²) in [6.45, 7) is -0.0181. The van der Waals surface area contributed by atoms with Crippen LogP contribution in [0, 0.1) is 11.6 Å². The fourth-order valence-corrected chi connectivity index (χ4v) is 4.80. The highest BCUT2D eigenvalue weighted by molar-refractivity contribution is 7.92. The van der Waals surface area contributed by atoms with Gasteiger partial charge in [0, 0.05) is 19.0 Å². The van der Waals surface area contributed by atoms with Crippen molar-refractivity contribution in [2.45, 2.75) is 38.1 Å². The van der Waals surface area contributed by atoms with Crippen molar-refractivity contribution >= 4 is 21.6 Å². The molecule has 0 saturated heterocycles. The van der Waals surface area contributed by atoms with Gasteiger partial charge in [-0.05, 0) is 61.1 Å². The summed E-state index contributed by atoms with van der Waals surface area (Å²) in [4.78, 5) is 12.5. The molecule has 2 aromatic carbocycles. The van der Waals surface area contributed by atoms with Crippen LogP contribution < -0.4 is 14.4 Å². The molecule has 1 atom stereocenters. The van der Waals surface area contributed by atoms with Crippen LogP contribution in [0.5, 0.6) is 5.75 Å². The van der Waals surface area contributed by atoms with Crippen LogP contribution in [0.3, 0.4) is 0 Å². The van der Waals surface area contributed by atoms with Gasteiger partial charge < -0.3 is 10.1 Å². The second-order valence-corrected chi connectivity index (χ2v) is 9.52. The van der Waals surface area contributed by atoms with Crippen molar-refractivity contribution in [1.29, 1.82) is 0 Å². The predicted molar refractivity (Wildman–Crippen MR) is 115 cm³/mol. The van der Waals surface area contributed by atoms with Gasteiger partial charge in [0.05, 0.1) is 25.1 Å². The van der Waals surface area contributed by atoms with Gasteiger partial charge in [-0.1, -0.05) is 6.07 Å². The molecule has 1 amide bonds. The lowest BCUT2D eigenvalue weighted by Crippen LogP contribution is -2.33. The highest BCUT2D eigenvalue weighted by Crippen LogP contribution is 2.32. The summed E-state index contributed by atoms with van der Waals surface area (Å²) in [7, 11) is -2.10. The Bertz CT molecular complexity index is 1060. The average molecular weight is 453 g/mol. The maximum atomic E-state index is 13.5. The molecule has 0 radical (unpaired) electrons. The highest BCUT2D eigenvalue weighted by atomic mass is 32.2. The number of amides is 1. The molecule has 31 heavy (non-hydrogen) atoms. The Morgan fingerprint density at radius 2 is 1.97 bits per heavy atom. The van der Waals surface area contributed by atoms with Crippen molar-refractivity contribution in [2.24, 2.45) is 0 Å². The molecular formula is C22H26F2N2O4S. The molecule has 9 heteroatoms. The van der Waals surface area contributed by atoms with Gasteiger partial charge in [-0.15, -0.1) is 0 Å². The first-order valence-electron chi connectivity index (χ1n) is 10.1. The third-order valence-corrected chi connectivity index (χ3v) is 6.55. The monoisotopic (exact) mass is 452 g/mol. The molecule has 0 aromatic heterocycles. The Labute approximate surface area is 181 Å². The molecule has 0 aliphatic heterocycles. The number of hydrogen-bond acceptors (Lipinski definition) is 4. The molecule has 0 fully saturated rings. The largest absolute Gasteiger partial charge is 0.497 e. The maximum Gasteiger partial charge on any atom is 0.232 e. The van der Waals surface area contributed by atoms with E-state index in [4.69, 9.17) is 4.74 Å². The van der Waals surface area contributed by atoms with Crippen LogP contribution in [0.15, 0.2) is 36.4 Å². The van der Waals surface area contributed by atoms with Gasteiger partial charge in [-0.2, -0.15) is 0 Å². The predicted octanol–water partition coefficient (Wildman–Crippen LogP) is 3.71. The first kappa shape index (κ1) is 23.0. The number of hydrogen-bond donors (Lipinski definition) is 1. The van der Waals surface area contributed by atoms with E-state index < -0.39 is 21.7 Å². The van der Waals surface area contributed by atoms with E-state index in [2.05, 4.69) is 5.32 Å². The van der Waals surface area contributed by atoms with Crippen LogP contribution in [0.25, 0.3) is 0 Å². The van der Waals surface area contributed by atoms with E-state index in [1.54, 1.807) is 7.11 Å². The Balaban J connectivity index is 1.61. The van der Waals surface area contributed by atoms with Crippen molar-refractivity contribution in [3.63, 3.8) is 0 Å². The molecule has 3 rings (SSSR count). The minimum Gasteiger partial charge on any atom is -0.497 e. The van der Waals surface area contributed by atoms with Crippen LogP contribution >= 0.6 is 0 Å². The van der Waals surface area contributed by atoms with E-state index in [-0.39, 0.29) is 37.0 Å². The number of methoxy groups -OCH3 is 1. The number of anilines is 1. The number of carbonyl (C=O) groups excluding carboxylic acids is 1. The van der Waals surface area contributed by atoms with Gasteiger partial charge in [0.2, 0.25) is 15.9 Å². The number of nitrogens with zero attached hydrogens (tertiary/aromatic N) is 1. The van der Waals surface area contributed by atoms with Gasteiger partial charge in [0.15, 0.2) is 11.6 Å². The topological polar surface area (TPSA) is 75.7 Å². The Morgan fingerprint density at radius 3 is 2.65 bits per heavy atom. The Kier molecular flexibility index (Phi) is 7.15. The fraction of sp³-hybridized carbons (Fsp3) is 0.409. The average Bonchev–Trinajstić information content (AvgIpc) is 2.72. The van der Waals surface area contributed by atoms with E-state index in [0.717, 1.165) is 58.8 Å². The van der Waals surface area contributed by atoms with Crippen LogP contribution in [0.1, 0.15) is 42.9 Å². The summed E-state index contributed by atoms with van der Waals surface area (Å²) < 4.78 is 57.2. The van der Waals surface area contributed by atoms with Crippen molar-refractivity contribution < 1.29 is 26.7 Å². The molecule has 6 nitrogen and oxygen atoms in total. The normalized spacial score (nSPS) is 15.8. The van der Waals surface area contributed by atoms with E-state index in [0.29, 0.717) is 0 Å². The molecule has 1 aliphatic carbocycles. The lowest BCUT2D eigenvalue weighted by Gasteiger charge is -2.27. The smallest absolute Gasteiger partial charge is 0.232 e. The van der Waals surface area contributed by atoms with Gasteiger partial charge in [0.1, 0.15) is 5.75 Å². The van der Waals surface area contributed by atoms with Crippen LogP contribution in [-0.2, 0) is 21.2 Å². The fourth-order valence-electron chi connectivity index (χ4n) is 3.84. The zero-order chi connectivity index (χ0) is 22.6. The number of halogens is 2. The van der Waals surface area contributed by atoms with E-state index >= 15 is 0 Å². The SMILES string of the molecule is COc1ccc2c(c1)CCC[C@H]2NC(=O)CCCN(c1ccc(F)c(F)c1)S(C)(=O)=O. The summed E-state index contributed by atoms with van der Waals surface area (Å²) in [5, 5.41) is 3.02. The lowest BCUT2D eigenvalue weighted by atomic mass is 9.87. The molecule has 1 N–H and O–H groups in total. The van der Waals surface area contributed by atoms with E-state index in [1.807, 2.05) is 18.2 Å². The molecule has 0 bridgehead atoms. The van der Waals surface area contributed by atoms with Crippen LogP contribution in [0.2, 0.25) is 0 Å². The second-order valence-electron chi connectivity index (χ2n) is 7.61. The first-order chi connectivity index (χ1) is 14.7. The number of nitrogens with one attached hydrogen (secondary N) is 1. The lowest BCUT2D eigenvalue weighted by molar-refractivity contribution is -0.122. The highest BCUT2D eigenvalue weighted by Gasteiger charge is 2.23. The molecule has 0 heterocycles. The molecule has 0 saturated carbocycles. The van der Waals surface area contributed by atoms with E-state index in [1.165, 1.54) is 6.07 Å². The van der Waals surface area contributed by atoms with Gasteiger partial charge in [-0.3, -0.25) is 9.10 Å². The standard InChI is InChI=1S/C22H26F2N2O4S/c1-30-17-9-10-18-15(13-17)5-3-6-21(18)25-22(27)7-4-12-26(31(2,28)29)16-8-11-19(23)20(24)14-16/h8-11,13-14,21H,3-7,12H2,1-2H3,(H,25,27)/t21-/m1/s1. The summed E-state index contributed by atoms with van der Waals surface area (Å²) in [5.74, 6) is -1.59. The summed E-state index contributed by atoms with van der Waals surface area (Å²) >= 11 is 0. The number of benzene rings is 2. The number of rotatable bonds is 8. The van der Waals surface area contributed by atoms with Gasteiger partial charge in [-0.25, -0.2) is 17.2 Å². The number of aryl methyl sites for hydroxylation is 1. The molecule has 0 unspecified atom stereocenters. The van der Waals surface area contributed by atoms with Gasteiger partial charge in [0.25, 0.3) is 0 Å². The number of carbonyl (C=O) groups is 1. The Hall–Kier alpha value is -2.68. The molecule has 0 spiro atoms. The minimum atomic E-state index is -3.72.